The van der Waals surface area contributed by atoms with Crippen LogP contribution in [0.1, 0.15) is 44.2 Å². The molecule has 8 heteroatoms. The number of amides is 2. The number of carbonyl (C=O) groups is 2. The van der Waals surface area contributed by atoms with Crippen LogP contribution in [0.5, 0.6) is 0 Å². The number of aromatic nitrogens is 1. The van der Waals surface area contributed by atoms with Crippen LogP contribution in [0.25, 0.3) is 0 Å². The van der Waals surface area contributed by atoms with Crippen LogP contribution in [-0.4, -0.2) is 33.8 Å². The molecule has 5 nitrogen and oxygen atoms in total. The maximum atomic E-state index is 12.7. The van der Waals surface area contributed by atoms with Crippen molar-refractivity contribution < 1.29 is 22.8 Å². The highest BCUT2D eigenvalue weighted by molar-refractivity contribution is 6.02. The summed E-state index contributed by atoms with van der Waals surface area (Å²) in [4.78, 5) is 28.5. The third-order valence-corrected chi connectivity index (χ3v) is 4.54. The van der Waals surface area contributed by atoms with Crippen molar-refractivity contribution in [2.75, 3.05) is 5.32 Å². The molecule has 1 N–H and O–H groups in total. The molecule has 130 valence electrons. The van der Waals surface area contributed by atoms with Crippen molar-refractivity contribution in [2.45, 2.75) is 56.8 Å². The molecule has 0 spiro atoms. The number of halogens is 3. The lowest BCUT2D eigenvalue weighted by Crippen LogP contribution is -2.43. The maximum Gasteiger partial charge on any atom is 0.433 e. The fraction of sp³-hybridized carbons (Fsp3) is 0.562. The summed E-state index contributed by atoms with van der Waals surface area (Å²) in [7, 11) is 0. The van der Waals surface area contributed by atoms with E-state index in [4.69, 9.17) is 0 Å². The Labute approximate surface area is 137 Å². The van der Waals surface area contributed by atoms with E-state index in [1.165, 1.54) is 17.0 Å². The molecular formula is C16H18F3N3O2. The van der Waals surface area contributed by atoms with Crippen molar-refractivity contribution in [2.24, 2.45) is 0 Å². The van der Waals surface area contributed by atoms with Gasteiger partial charge in [-0.25, -0.2) is 4.98 Å². The topological polar surface area (TPSA) is 62.3 Å². The number of likely N-dealkylation sites (tertiary alicyclic amines) is 1. The van der Waals surface area contributed by atoms with Gasteiger partial charge < -0.3 is 5.32 Å². The van der Waals surface area contributed by atoms with Gasteiger partial charge in [-0.05, 0) is 37.8 Å². The van der Waals surface area contributed by atoms with Gasteiger partial charge in [0.05, 0.1) is 0 Å². The molecule has 24 heavy (non-hydrogen) atoms. The Kier molecular flexibility index (Phi) is 4.47. The van der Waals surface area contributed by atoms with Crippen LogP contribution in [0, 0.1) is 0 Å². The van der Waals surface area contributed by atoms with Crippen LogP contribution < -0.4 is 5.32 Å². The molecule has 1 aromatic rings. The zero-order valence-electron chi connectivity index (χ0n) is 13.0. The quantitative estimate of drug-likeness (QED) is 0.859. The van der Waals surface area contributed by atoms with Gasteiger partial charge in [0.15, 0.2) is 0 Å². The summed E-state index contributed by atoms with van der Waals surface area (Å²) in [6.07, 6.45) is -1.22. The molecular weight excluding hydrogens is 323 g/mol. The Morgan fingerprint density at radius 2 is 1.67 bits per heavy atom. The van der Waals surface area contributed by atoms with Gasteiger partial charge in [0, 0.05) is 24.9 Å². The second-order valence-electron chi connectivity index (χ2n) is 6.21. The summed E-state index contributed by atoms with van der Waals surface area (Å²) in [6.45, 7) is 0. The Morgan fingerprint density at radius 1 is 1.04 bits per heavy atom. The van der Waals surface area contributed by atoms with Gasteiger partial charge in [-0.3, -0.25) is 14.5 Å². The van der Waals surface area contributed by atoms with Crippen molar-refractivity contribution in [3.05, 3.63) is 23.9 Å². The summed E-state index contributed by atoms with van der Waals surface area (Å²) in [5, 5.41) is 3.03. The smallest absolute Gasteiger partial charge is 0.367 e. The van der Waals surface area contributed by atoms with Gasteiger partial charge in [0.1, 0.15) is 11.5 Å². The Bertz CT molecular complexity index is 624. The summed E-state index contributed by atoms with van der Waals surface area (Å²) < 4.78 is 38.1. The number of hydrogen-bond donors (Lipinski definition) is 1. The molecule has 3 rings (SSSR count). The number of pyridine rings is 1. The van der Waals surface area contributed by atoms with E-state index < -0.39 is 11.9 Å². The Balaban J connectivity index is 1.58. The lowest BCUT2D eigenvalue weighted by Gasteiger charge is -2.34. The molecule has 0 bridgehead atoms. The van der Waals surface area contributed by atoms with E-state index >= 15 is 0 Å². The van der Waals surface area contributed by atoms with Crippen LogP contribution in [-0.2, 0) is 15.8 Å². The average Bonchev–Trinajstić information content (AvgIpc) is 2.87. The molecule has 1 aliphatic carbocycles. The highest BCUT2D eigenvalue weighted by Gasteiger charge is 2.37. The van der Waals surface area contributed by atoms with E-state index in [-0.39, 0.29) is 42.6 Å². The van der Waals surface area contributed by atoms with Crippen molar-refractivity contribution in [3.8, 4) is 0 Å². The van der Waals surface area contributed by atoms with Crippen LogP contribution in [0.2, 0.25) is 0 Å². The van der Waals surface area contributed by atoms with Gasteiger partial charge in [-0.1, -0.05) is 6.07 Å². The number of anilines is 1. The Morgan fingerprint density at radius 3 is 2.25 bits per heavy atom. The van der Waals surface area contributed by atoms with E-state index in [1.807, 2.05) is 0 Å². The van der Waals surface area contributed by atoms with Crippen molar-refractivity contribution in [3.63, 3.8) is 0 Å². The first-order valence-corrected chi connectivity index (χ1v) is 8.00. The van der Waals surface area contributed by atoms with Gasteiger partial charge in [0.25, 0.3) is 0 Å². The van der Waals surface area contributed by atoms with Gasteiger partial charge in [-0.15, -0.1) is 0 Å². The molecule has 1 aliphatic heterocycles. The molecule has 2 fully saturated rings. The molecule has 2 heterocycles. The second kappa shape index (κ2) is 6.41. The molecule has 0 unspecified atom stereocenters. The van der Waals surface area contributed by atoms with E-state index in [0.29, 0.717) is 25.7 Å². The monoisotopic (exact) mass is 341 g/mol. The minimum Gasteiger partial charge on any atom is -0.367 e. The van der Waals surface area contributed by atoms with E-state index in [9.17, 15) is 22.8 Å². The lowest BCUT2D eigenvalue weighted by molar-refractivity contribution is -0.142. The standard InChI is InChI=1S/C16H18F3N3O2/c17-16(18,19)12-2-1-3-13(21-12)20-10-4-6-11(7-5-10)22-14(23)8-9-15(22)24/h1-3,10-11H,4-9H2,(H,20,21). The predicted octanol–water partition coefficient (Wildman–Crippen LogP) is 2.97. The zero-order valence-corrected chi connectivity index (χ0v) is 13.0. The third kappa shape index (κ3) is 3.52. The van der Waals surface area contributed by atoms with Crippen LogP contribution in [0.15, 0.2) is 18.2 Å². The Hall–Kier alpha value is -2.12. The third-order valence-electron chi connectivity index (χ3n) is 4.54. The normalized spacial score (nSPS) is 25.2. The fourth-order valence-electron chi connectivity index (χ4n) is 3.36. The van der Waals surface area contributed by atoms with Gasteiger partial charge in [0.2, 0.25) is 11.8 Å². The number of rotatable bonds is 3. The van der Waals surface area contributed by atoms with Gasteiger partial charge >= 0.3 is 6.18 Å². The molecule has 0 radical (unpaired) electrons. The predicted molar refractivity (Wildman–Crippen MR) is 80.0 cm³/mol. The SMILES string of the molecule is O=C1CCC(=O)N1C1CCC(Nc2cccc(C(F)(F)F)n2)CC1. The summed E-state index contributed by atoms with van der Waals surface area (Å²) in [5.74, 6) is -0.0338. The van der Waals surface area contributed by atoms with Crippen molar-refractivity contribution in [1.82, 2.24) is 9.88 Å². The first kappa shape index (κ1) is 16.7. The molecule has 0 atom stereocenters. The number of nitrogens with zero attached hydrogens (tertiary/aromatic N) is 2. The molecule has 0 aromatic carbocycles. The molecule has 1 aromatic heterocycles. The van der Waals surface area contributed by atoms with E-state index in [2.05, 4.69) is 10.3 Å². The highest BCUT2D eigenvalue weighted by atomic mass is 19.4. The molecule has 2 amide bonds. The minimum absolute atomic E-state index is 0.00922. The first-order chi connectivity index (χ1) is 11.3. The minimum atomic E-state index is -4.47. The van der Waals surface area contributed by atoms with Crippen molar-refractivity contribution >= 4 is 17.6 Å². The number of nitrogens with one attached hydrogen (secondary N) is 1. The van der Waals surface area contributed by atoms with Crippen LogP contribution >= 0.6 is 0 Å². The number of hydrogen-bond acceptors (Lipinski definition) is 4. The van der Waals surface area contributed by atoms with Crippen molar-refractivity contribution in [1.29, 1.82) is 0 Å². The van der Waals surface area contributed by atoms with Crippen LogP contribution in [0.3, 0.4) is 0 Å². The summed E-state index contributed by atoms with van der Waals surface area (Å²) >= 11 is 0. The molecule has 1 saturated carbocycles. The second-order valence-corrected chi connectivity index (χ2v) is 6.21. The first-order valence-electron chi connectivity index (χ1n) is 8.00. The fourth-order valence-corrected chi connectivity index (χ4v) is 3.36. The largest absolute Gasteiger partial charge is 0.433 e. The van der Waals surface area contributed by atoms with E-state index in [1.54, 1.807) is 0 Å². The number of carbonyl (C=O) groups excluding carboxylic acids is 2. The van der Waals surface area contributed by atoms with Crippen LogP contribution in [0.4, 0.5) is 19.0 Å². The van der Waals surface area contributed by atoms with E-state index in [0.717, 1.165) is 6.07 Å². The maximum absolute atomic E-state index is 12.7. The summed E-state index contributed by atoms with van der Waals surface area (Å²) in [5.41, 5.74) is -0.922. The number of imide groups is 1. The average molecular weight is 341 g/mol. The lowest BCUT2D eigenvalue weighted by atomic mass is 9.90. The highest BCUT2D eigenvalue weighted by Crippen LogP contribution is 2.30. The molecule has 1 saturated heterocycles. The molecule has 2 aliphatic rings. The zero-order chi connectivity index (χ0) is 17.3. The number of alkyl halides is 3. The summed E-state index contributed by atoms with van der Waals surface area (Å²) in [6, 6.07) is 3.68. The van der Waals surface area contributed by atoms with Gasteiger partial charge in [-0.2, -0.15) is 13.2 Å².